The van der Waals surface area contributed by atoms with Crippen LogP contribution < -0.4 is 11.5 Å². The van der Waals surface area contributed by atoms with Crippen LogP contribution in [0.3, 0.4) is 0 Å². The number of carbonyl (C=O) groups excluding carboxylic acids is 3. The van der Waals surface area contributed by atoms with Gasteiger partial charge in [0, 0.05) is 69.6 Å². The number of hydrogen-bond donors (Lipinski definition) is 2. The van der Waals surface area contributed by atoms with Crippen molar-refractivity contribution in [3.63, 3.8) is 0 Å². The van der Waals surface area contributed by atoms with Crippen molar-refractivity contribution < 1.29 is 42.8 Å². The summed E-state index contributed by atoms with van der Waals surface area (Å²) in [7, 11) is 5.34. The summed E-state index contributed by atoms with van der Waals surface area (Å²) >= 11 is 46.5. The Labute approximate surface area is 801 Å². The van der Waals surface area contributed by atoms with Crippen molar-refractivity contribution >= 4 is 235 Å². The maximum Gasteiger partial charge on any atom is 0.339 e. The van der Waals surface area contributed by atoms with Crippen molar-refractivity contribution in [1.82, 2.24) is 84.2 Å². The number of halogens is 8. The minimum absolute atomic E-state index is 0.0363. The van der Waals surface area contributed by atoms with Crippen molar-refractivity contribution in [3.05, 3.63) is 200 Å². The second kappa shape index (κ2) is 41.1. The molecule has 0 unspecified atom stereocenters. The van der Waals surface area contributed by atoms with Gasteiger partial charge in [-0.05, 0) is 235 Å². The van der Waals surface area contributed by atoms with E-state index in [4.69, 9.17) is 136 Å². The van der Waals surface area contributed by atoms with E-state index in [2.05, 4.69) is 86.9 Å². The molecule has 0 aliphatic heterocycles. The highest BCUT2D eigenvalue weighted by Gasteiger charge is 2.38. The summed E-state index contributed by atoms with van der Waals surface area (Å²) in [5.74, 6) is -0.592. The molecule has 0 spiro atoms. The van der Waals surface area contributed by atoms with Gasteiger partial charge in [0.2, 0.25) is 5.15 Å². The van der Waals surface area contributed by atoms with Crippen LogP contribution in [0.5, 0.6) is 0 Å². The fraction of sp³-hybridized carbons (Fsp3) is 0.303. The third kappa shape index (κ3) is 23.0. The molecule has 4 N–H and O–H groups in total. The van der Waals surface area contributed by atoms with Crippen LogP contribution in [-0.2, 0) is 63.9 Å². The molecule has 29 nitrogen and oxygen atoms in total. The predicted molar refractivity (Wildman–Crippen MR) is 519 cm³/mol. The smallest absolute Gasteiger partial charge is 0.339 e. The highest BCUT2D eigenvalue weighted by Crippen LogP contribution is 2.49. The van der Waals surface area contributed by atoms with Gasteiger partial charge in [-0.2, -0.15) is 15.3 Å². The van der Waals surface area contributed by atoms with Crippen molar-refractivity contribution in [2.45, 2.75) is 139 Å². The number of nitrogen functional groups attached to an aromatic ring is 2. The Kier molecular flexibility index (Phi) is 31.2. The Morgan fingerprint density at radius 3 is 1.14 bits per heavy atom. The number of carbonyl (C=O) groups is 3. The van der Waals surface area contributed by atoms with Crippen LogP contribution >= 0.6 is 135 Å². The zero-order valence-corrected chi connectivity index (χ0v) is 83.1. The van der Waals surface area contributed by atoms with Crippen LogP contribution in [0.1, 0.15) is 135 Å². The molecule has 0 fully saturated rings. The van der Waals surface area contributed by atoms with Crippen LogP contribution in [0.25, 0.3) is 124 Å². The predicted octanol–water partition coefficient (Wildman–Crippen LogP) is 23.8. The number of aromatic nitrogens is 17. The third-order valence-electron chi connectivity index (χ3n) is 18.7. The average molecular weight is 2050 g/mol. The summed E-state index contributed by atoms with van der Waals surface area (Å²) in [4.78, 5) is 90.8. The molecule has 16 rings (SSSR count). The topological polar surface area (TPSA) is 358 Å². The molecule has 16 aromatic rings. The highest BCUT2D eigenvalue weighted by molar-refractivity contribution is 9.11. The first-order valence-electron chi connectivity index (χ1n) is 39.7. The zero-order chi connectivity index (χ0) is 93.7. The Bertz CT molecular complexity index is 6700. The van der Waals surface area contributed by atoms with Gasteiger partial charge in [0.05, 0.1) is 92.1 Å². The van der Waals surface area contributed by atoms with Gasteiger partial charge in [-0.3, -0.25) is 0 Å². The van der Waals surface area contributed by atoms with Gasteiger partial charge in [0.1, 0.15) is 32.1 Å². The van der Waals surface area contributed by atoms with Gasteiger partial charge in [-0.1, -0.05) is 101 Å². The van der Waals surface area contributed by atoms with Crippen LogP contribution in [0.4, 0.5) is 17.5 Å². The number of aryl methyl sites for hydroxylation is 6. The Balaban J connectivity index is 0.000000157. The van der Waals surface area contributed by atoms with Gasteiger partial charge in [0.15, 0.2) is 71.6 Å². The number of nitrogens with two attached hydrogens (primary N) is 2. The molecule has 0 aliphatic rings. The average Bonchev–Trinajstić information content (AvgIpc) is 1.66. The number of thiazole rings is 3. The number of anilines is 2. The molecule has 0 radical (unpaired) electrons. The lowest BCUT2D eigenvalue weighted by atomic mass is 9.91. The first-order chi connectivity index (χ1) is 60.9. The van der Waals surface area contributed by atoms with E-state index in [1.807, 2.05) is 181 Å². The molecular formula is C89H86Br2Cl6N20O9S3. The van der Waals surface area contributed by atoms with E-state index >= 15 is 0 Å². The van der Waals surface area contributed by atoms with E-state index in [-0.39, 0.29) is 35.9 Å². The second-order valence-corrected chi connectivity index (χ2v) is 39.1. The number of benzene rings is 6. The third-order valence-corrected chi connectivity index (χ3v) is 24.4. The van der Waals surface area contributed by atoms with Crippen LogP contribution in [-0.4, -0.2) is 139 Å². The number of rotatable bonds is 17. The molecule has 3 atom stereocenters. The largest absolute Gasteiger partial charge is 0.464 e. The van der Waals surface area contributed by atoms with E-state index in [0.717, 1.165) is 101 Å². The fourth-order valence-corrected chi connectivity index (χ4v) is 18.6. The van der Waals surface area contributed by atoms with E-state index in [0.29, 0.717) is 91.4 Å². The van der Waals surface area contributed by atoms with Crippen LogP contribution in [0.2, 0.25) is 30.5 Å². The summed E-state index contributed by atoms with van der Waals surface area (Å²) in [5, 5.41) is 16.3. The van der Waals surface area contributed by atoms with Gasteiger partial charge in [0.25, 0.3) is 0 Å². The summed E-state index contributed by atoms with van der Waals surface area (Å²) in [6, 6.07) is 28.6. The molecule has 6 aromatic carbocycles. The fourth-order valence-electron chi connectivity index (χ4n) is 13.6. The summed E-state index contributed by atoms with van der Waals surface area (Å²) in [6.07, 6.45) is 3.38. The number of esters is 3. The number of hydrogen-bond acceptors (Lipinski definition) is 28. The molecule has 10 aromatic heterocycles. The van der Waals surface area contributed by atoms with E-state index < -0.39 is 53.0 Å². The minimum atomic E-state index is -0.947. The van der Waals surface area contributed by atoms with Gasteiger partial charge < -0.3 is 44.7 Å². The summed E-state index contributed by atoms with van der Waals surface area (Å²) < 4.78 is 44.3. The standard InChI is InChI=1S/C28H27BrClN5O3S.C28H29ClN6O3S.C22H23BrClNO3S.C6H6ClN5.C5HCl2N3/c1-7-37-27(36)22(38-28(3,4)5)19-14(2)12-17-23(20(19)15-8-10-16(30)11-9-15)39-26(33-17)18-13-31-25-21(32-18)24(29)34-35(25)6;1-7-37-27(36)22(38-28(3,4)5)19-14(2)12-17-23(20(19)15-8-10-16(29)11-9-15)39-26(33-17)18-13-31-25-21(32-18)24(30)34-35(25)6;1-6-27-20(26)18(28-22(3,4)5)16-12(2)11-15-19(29-21(23)25-15)17(16)13-7-9-14(24)10-8-13;1-12-6-4(5(8)11-12)10-3(7)2-9-6;1-8-5-4(7)9-2-3(6)10-5/h8-13,22H,7H2,1-6H3;8-13,22H,7H2,1-6H3,(H2,30,34);7-11,18H,6H2,1-5H3;2H,1H3,(H2,8,11);2H/t2*22-;18-;;/m000../s1. The lowest BCUT2D eigenvalue weighted by Gasteiger charge is -2.29. The lowest BCUT2D eigenvalue weighted by molar-refractivity contribution is -0.167. The Morgan fingerprint density at radius 2 is 0.775 bits per heavy atom. The molecular weight excluding hydrogens is 1960 g/mol. The molecule has 10 heterocycles. The number of ether oxygens (including phenoxy) is 6. The molecule has 0 amide bonds. The van der Waals surface area contributed by atoms with Crippen molar-refractivity contribution in [1.29, 1.82) is 0 Å². The highest BCUT2D eigenvalue weighted by atomic mass is 79.9. The first-order valence-corrected chi connectivity index (χ1v) is 46.0. The molecule has 0 aliphatic carbocycles. The van der Waals surface area contributed by atoms with Crippen molar-refractivity contribution in [2.75, 3.05) is 31.3 Å². The maximum absolute atomic E-state index is 13.3. The molecule has 0 saturated carbocycles. The monoisotopic (exact) mass is 2040 g/mol. The van der Waals surface area contributed by atoms with Crippen LogP contribution in [0.15, 0.2) is 124 Å². The summed E-state index contributed by atoms with van der Waals surface area (Å²) in [6.45, 7) is 35.9. The molecule has 670 valence electrons. The second-order valence-electron chi connectivity index (χ2n) is 31.7. The van der Waals surface area contributed by atoms with Crippen molar-refractivity contribution in [2.24, 2.45) is 21.1 Å². The van der Waals surface area contributed by atoms with Gasteiger partial charge >= 0.3 is 23.7 Å². The summed E-state index contributed by atoms with van der Waals surface area (Å²) in [5.41, 5.74) is 27.3. The van der Waals surface area contributed by atoms with E-state index in [1.165, 1.54) is 46.4 Å². The number of fused-ring (bicyclic) bond motifs is 6. The van der Waals surface area contributed by atoms with Gasteiger partial charge in [-0.15, -0.1) is 39.0 Å². The van der Waals surface area contributed by atoms with E-state index in [1.54, 1.807) is 61.3 Å². The normalized spacial score (nSPS) is 12.3. The van der Waals surface area contributed by atoms with Crippen molar-refractivity contribution in [3.8, 4) is 54.8 Å². The van der Waals surface area contributed by atoms with E-state index in [9.17, 15) is 14.4 Å². The Morgan fingerprint density at radius 1 is 0.450 bits per heavy atom. The molecule has 0 saturated heterocycles. The maximum atomic E-state index is 13.3. The SMILES string of the molecule is CCOC(=O)[C@@H](OC(C)(C)C)c1c(C)cc2nc(-c3cnc4c(n3)c(Br)nn4C)sc2c1-c1ccc(Cl)cc1.CCOC(=O)[C@@H](OC(C)(C)C)c1c(C)cc2nc(-c3cnc4c(n3)c(N)nn4C)sc2c1-c1ccc(Cl)cc1.CCOC(=O)[C@@H](OC(C)(C)C)c1c(C)cc2nc(Br)sc2c1-c1ccc(Cl)cc1.Cn1nc(N)c2nc(Cl)cnc21.[C-]#[N+]c1nc(Cl)cnc1Cl. The first kappa shape index (κ1) is 97.8. The lowest BCUT2D eigenvalue weighted by Crippen LogP contribution is -2.29. The molecule has 129 heavy (non-hydrogen) atoms. The van der Waals surface area contributed by atoms with Crippen LogP contribution in [0, 0.1) is 27.3 Å². The van der Waals surface area contributed by atoms with Gasteiger partial charge in [-0.25, -0.2) is 78.3 Å². The Hall–Kier alpha value is -10.2. The molecule has 40 heteroatoms. The molecule has 0 bridgehead atoms. The number of nitrogens with zero attached hydrogens (tertiary/aromatic N) is 18. The quantitative estimate of drug-likeness (QED) is 0.0486. The minimum Gasteiger partial charge on any atom is -0.464 e. The zero-order valence-electron chi connectivity index (χ0n) is 73.0.